The van der Waals surface area contributed by atoms with Crippen LogP contribution in [0.15, 0.2) is 0 Å². The number of ether oxygens (including phenoxy) is 2. The summed E-state index contributed by atoms with van der Waals surface area (Å²) in [4.78, 5) is 0. The van der Waals surface area contributed by atoms with Crippen LogP contribution < -0.4 is 0 Å². The van der Waals surface area contributed by atoms with Crippen LogP contribution >= 0.6 is 0 Å². The summed E-state index contributed by atoms with van der Waals surface area (Å²) in [5.74, 6) is -100. The van der Waals surface area contributed by atoms with Crippen molar-refractivity contribution in [2.24, 2.45) is 0 Å². The molecule has 0 unspecified atom stereocenters. The second-order valence-electron chi connectivity index (χ2n) is 8.96. The Kier molecular flexibility index (Phi) is 11.7. The molecule has 0 atom stereocenters. The fraction of sp³-hybridized carbons (Fsp3) is 1.00. The fourth-order valence-corrected chi connectivity index (χ4v) is 2.58. The molecule has 0 saturated heterocycles. The molecule has 49 heavy (non-hydrogen) atoms. The smallest absolute Gasteiger partial charge is 0.349 e. The zero-order chi connectivity index (χ0) is 40.5. The van der Waals surface area contributed by atoms with E-state index in [0.717, 1.165) is 0 Å². The molecule has 0 saturated carbocycles. The average Bonchev–Trinajstić information content (AvgIpc) is 2.85. The molecule has 0 aliphatic rings. The molecule has 2 nitrogen and oxygen atoms in total. The van der Waals surface area contributed by atoms with Crippen molar-refractivity contribution in [1.82, 2.24) is 0 Å². The highest BCUT2D eigenvalue weighted by Gasteiger charge is 2.94. The predicted octanol–water partition coefficient (Wildman–Crippen LogP) is 9.73. The molecule has 0 aromatic heterocycles. The summed E-state index contributed by atoms with van der Waals surface area (Å²) in [5, 5.41) is 0. The van der Waals surface area contributed by atoms with Gasteiger partial charge in [-0.3, -0.25) is 0 Å². The average molecular weight is 812 g/mol. The van der Waals surface area contributed by atoms with Gasteiger partial charge in [-0.25, -0.2) is 0 Å². The minimum absolute atomic E-state index is 2.89. The second kappa shape index (κ2) is 12.2. The maximum atomic E-state index is 13.5. The van der Waals surface area contributed by atoms with Crippen molar-refractivity contribution in [2.45, 2.75) is 83.4 Å². The minimum atomic E-state index is -8.82. The van der Waals surface area contributed by atoms with Crippen LogP contribution in [0.4, 0.5) is 132 Å². The first-order valence-electron chi connectivity index (χ1n) is 10.5. The van der Waals surface area contributed by atoms with Crippen LogP contribution in [0.2, 0.25) is 0 Å². The minimum Gasteiger partial charge on any atom is -0.349 e. The van der Waals surface area contributed by atoms with E-state index in [2.05, 4.69) is 9.47 Å². The standard InChI is InChI=1S/C17H6F30O2/c18-4(19,6(22,23)8(26,27)10(30,31)12(34,35)14(38,39)16(42,43)44)1-48-3-49-2-5(20,21)7(24,25)9(28,29)11(32,33)13(36,37)15(40,41)17(45,46)47/h1-3H2. The Bertz CT molecular complexity index is 1050. The lowest BCUT2D eigenvalue weighted by Gasteiger charge is -2.41. The molecule has 0 amide bonds. The van der Waals surface area contributed by atoms with Crippen LogP contribution in [0.3, 0.4) is 0 Å². The van der Waals surface area contributed by atoms with E-state index in [1.54, 1.807) is 0 Å². The summed E-state index contributed by atoms with van der Waals surface area (Å²) >= 11 is 0. The normalized spacial score (nSPS) is 16.8. The van der Waals surface area contributed by atoms with E-state index < -0.39 is 103 Å². The van der Waals surface area contributed by atoms with Crippen LogP contribution in [-0.4, -0.2) is 103 Å². The van der Waals surface area contributed by atoms with Gasteiger partial charge >= 0.3 is 83.4 Å². The molecule has 0 bridgehead atoms. The molecule has 0 spiro atoms. The number of halogens is 30. The van der Waals surface area contributed by atoms with Crippen molar-refractivity contribution < 1.29 is 141 Å². The zero-order valence-electron chi connectivity index (χ0n) is 21.3. The van der Waals surface area contributed by atoms with Gasteiger partial charge in [-0.05, 0) is 0 Å². The number of hydrogen-bond acceptors (Lipinski definition) is 2. The lowest BCUT2D eigenvalue weighted by Crippen LogP contribution is -2.73. The zero-order valence-corrected chi connectivity index (χ0v) is 21.3. The summed E-state index contributed by atoms with van der Waals surface area (Å²) in [5.41, 5.74) is 0. The third kappa shape index (κ3) is 6.56. The molecule has 32 heteroatoms. The van der Waals surface area contributed by atoms with E-state index in [1.165, 1.54) is 0 Å². The van der Waals surface area contributed by atoms with Crippen molar-refractivity contribution in [1.29, 1.82) is 0 Å². The van der Waals surface area contributed by atoms with E-state index in [4.69, 9.17) is 0 Å². The van der Waals surface area contributed by atoms with E-state index in [-0.39, 0.29) is 0 Å². The van der Waals surface area contributed by atoms with Gasteiger partial charge < -0.3 is 9.47 Å². The topological polar surface area (TPSA) is 18.5 Å². The molecule has 0 N–H and O–H groups in total. The molecule has 296 valence electrons. The van der Waals surface area contributed by atoms with Crippen LogP contribution in [-0.2, 0) is 9.47 Å². The fourth-order valence-electron chi connectivity index (χ4n) is 2.58. The third-order valence-corrected chi connectivity index (χ3v) is 5.52. The van der Waals surface area contributed by atoms with Gasteiger partial charge in [-0.1, -0.05) is 0 Å². The van der Waals surface area contributed by atoms with Crippen molar-refractivity contribution in [3.63, 3.8) is 0 Å². The maximum Gasteiger partial charge on any atom is 0.460 e. The lowest BCUT2D eigenvalue weighted by molar-refractivity contribution is -0.454. The highest BCUT2D eigenvalue weighted by Crippen LogP contribution is 2.64. The molecule has 0 rings (SSSR count). The largest absolute Gasteiger partial charge is 0.460 e. The molecule has 0 radical (unpaired) electrons. The first-order chi connectivity index (χ1) is 20.7. The Balaban J connectivity index is 6.09. The number of rotatable bonds is 16. The van der Waals surface area contributed by atoms with Gasteiger partial charge in [0.05, 0.1) is 0 Å². The van der Waals surface area contributed by atoms with E-state index in [0.29, 0.717) is 0 Å². The van der Waals surface area contributed by atoms with Gasteiger partial charge in [-0.2, -0.15) is 132 Å². The predicted molar refractivity (Wildman–Crippen MR) is 88.2 cm³/mol. The van der Waals surface area contributed by atoms with Gasteiger partial charge in [0, 0.05) is 0 Å². The number of hydrogen-bond donors (Lipinski definition) is 0. The molecule has 0 aromatic rings. The van der Waals surface area contributed by atoms with Gasteiger partial charge in [0.1, 0.15) is 20.0 Å². The van der Waals surface area contributed by atoms with Gasteiger partial charge in [-0.15, -0.1) is 0 Å². The summed E-state index contributed by atoms with van der Waals surface area (Å²) in [7, 11) is 0. The van der Waals surface area contributed by atoms with Gasteiger partial charge in [0.15, 0.2) is 0 Å². The summed E-state index contributed by atoms with van der Waals surface area (Å²) in [6.45, 7) is -10.8. The second-order valence-corrected chi connectivity index (χ2v) is 8.96. The van der Waals surface area contributed by atoms with Crippen LogP contribution in [0.25, 0.3) is 0 Å². The van der Waals surface area contributed by atoms with E-state index >= 15 is 0 Å². The quantitative estimate of drug-likeness (QED) is 0.0879. The third-order valence-electron chi connectivity index (χ3n) is 5.52. The Morgan fingerprint density at radius 2 is 0.388 bits per heavy atom. The summed E-state index contributed by atoms with van der Waals surface area (Å²) < 4.78 is 396. The van der Waals surface area contributed by atoms with E-state index in [9.17, 15) is 132 Å². The lowest BCUT2D eigenvalue weighted by atomic mass is 9.91. The van der Waals surface area contributed by atoms with Crippen LogP contribution in [0, 0.1) is 0 Å². The Labute approximate surface area is 246 Å². The molecule has 0 heterocycles. The Morgan fingerprint density at radius 3 is 0.571 bits per heavy atom. The monoisotopic (exact) mass is 812 g/mol. The molecular formula is C17H6F30O2. The first kappa shape index (κ1) is 46.8. The molecule has 0 aromatic carbocycles. The summed E-state index contributed by atoms with van der Waals surface area (Å²) in [6, 6.07) is 0. The van der Waals surface area contributed by atoms with Crippen molar-refractivity contribution in [3.8, 4) is 0 Å². The maximum absolute atomic E-state index is 13.5. The molecule has 0 aliphatic heterocycles. The first-order valence-corrected chi connectivity index (χ1v) is 10.5. The van der Waals surface area contributed by atoms with Crippen molar-refractivity contribution in [3.05, 3.63) is 0 Å². The Morgan fingerprint density at radius 1 is 0.224 bits per heavy atom. The van der Waals surface area contributed by atoms with E-state index in [1.807, 2.05) is 0 Å². The van der Waals surface area contributed by atoms with Crippen molar-refractivity contribution in [2.75, 3.05) is 20.0 Å². The molecule has 0 fully saturated rings. The van der Waals surface area contributed by atoms with Crippen LogP contribution in [0.1, 0.15) is 0 Å². The van der Waals surface area contributed by atoms with Crippen molar-refractivity contribution >= 4 is 0 Å². The van der Waals surface area contributed by atoms with Crippen LogP contribution in [0.5, 0.6) is 0 Å². The molecule has 0 aliphatic carbocycles. The Hall–Kier alpha value is -2.18. The van der Waals surface area contributed by atoms with Gasteiger partial charge in [0.2, 0.25) is 0 Å². The molecular weight excluding hydrogens is 806 g/mol. The SMILES string of the molecule is FC(F)(F)C(F)(F)C(F)(F)C(F)(F)C(F)(F)C(F)(F)C(F)(F)COCOCC(F)(F)C(F)(F)C(F)(F)C(F)(F)C(F)(F)C(F)(F)C(F)(F)F. The highest BCUT2D eigenvalue weighted by molar-refractivity contribution is 5.14. The summed E-state index contributed by atoms with van der Waals surface area (Å²) in [6.07, 6.45) is -15.9. The highest BCUT2D eigenvalue weighted by atomic mass is 19.4. The number of alkyl halides is 30. The van der Waals surface area contributed by atoms with Gasteiger partial charge in [0.25, 0.3) is 0 Å².